The fourth-order valence-corrected chi connectivity index (χ4v) is 2.31. The Morgan fingerprint density at radius 2 is 1.89 bits per heavy atom. The van der Waals surface area contributed by atoms with E-state index in [9.17, 15) is 10.1 Å². The Balaban J connectivity index is 2.39. The minimum absolute atomic E-state index is 0.172. The fraction of sp³-hybridized carbons (Fsp3) is 0.0714. The summed E-state index contributed by atoms with van der Waals surface area (Å²) in [5.74, 6) is -0.947. The van der Waals surface area contributed by atoms with Crippen LogP contribution in [0.1, 0.15) is 21.8 Å². The van der Waals surface area contributed by atoms with Gasteiger partial charge < -0.3 is 0 Å². The van der Waals surface area contributed by atoms with Crippen molar-refractivity contribution >= 4 is 28.4 Å². The van der Waals surface area contributed by atoms with Gasteiger partial charge in [-0.3, -0.25) is 9.78 Å². The Hall–Kier alpha value is -1.74. The molecule has 1 atom stereocenters. The first-order valence-electron chi connectivity index (χ1n) is 5.32. The van der Waals surface area contributed by atoms with Crippen LogP contribution in [-0.4, -0.2) is 10.8 Å². The largest absolute Gasteiger partial charge is 0.292 e. The van der Waals surface area contributed by atoms with E-state index in [1.807, 2.05) is 12.1 Å². The van der Waals surface area contributed by atoms with E-state index in [2.05, 4.69) is 33.6 Å². The quantitative estimate of drug-likeness (QED) is 0.632. The first kappa shape index (κ1) is 12.7. The summed E-state index contributed by atoms with van der Waals surface area (Å²) in [5, 5.41) is 9.21. The molecule has 3 nitrogen and oxygen atoms in total. The van der Waals surface area contributed by atoms with Gasteiger partial charge in [0.15, 0.2) is 5.78 Å². The average molecular weight is 348 g/mol. The number of aromatic nitrogens is 1. The Kier molecular flexibility index (Phi) is 4.05. The Morgan fingerprint density at radius 3 is 2.50 bits per heavy atom. The van der Waals surface area contributed by atoms with E-state index in [1.165, 1.54) is 0 Å². The van der Waals surface area contributed by atoms with Gasteiger partial charge >= 0.3 is 0 Å². The van der Waals surface area contributed by atoms with E-state index in [0.29, 0.717) is 11.1 Å². The SMILES string of the molecule is N#CC(C(=O)c1ccccc1I)c1ccncc1. The number of benzene rings is 1. The zero-order valence-electron chi connectivity index (χ0n) is 9.38. The molecule has 0 saturated carbocycles. The van der Waals surface area contributed by atoms with E-state index >= 15 is 0 Å². The van der Waals surface area contributed by atoms with E-state index in [4.69, 9.17) is 0 Å². The molecule has 2 rings (SSSR count). The monoisotopic (exact) mass is 348 g/mol. The minimum Gasteiger partial charge on any atom is -0.292 e. The molecule has 0 N–H and O–H groups in total. The molecule has 1 aromatic carbocycles. The van der Waals surface area contributed by atoms with Gasteiger partial charge in [-0.25, -0.2) is 0 Å². The topological polar surface area (TPSA) is 53.8 Å². The summed E-state index contributed by atoms with van der Waals surface area (Å²) >= 11 is 2.10. The normalized spacial score (nSPS) is 11.6. The molecule has 0 spiro atoms. The van der Waals surface area contributed by atoms with E-state index in [1.54, 1.807) is 36.7 Å². The minimum atomic E-state index is -0.774. The van der Waals surface area contributed by atoms with Crippen LogP contribution in [0, 0.1) is 14.9 Å². The van der Waals surface area contributed by atoms with Crippen molar-refractivity contribution in [3.05, 3.63) is 63.5 Å². The lowest BCUT2D eigenvalue weighted by Crippen LogP contribution is -2.12. The number of hydrogen-bond acceptors (Lipinski definition) is 3. The highest BCUT2D eigenvalue weighted by Gasteiger charge is 2.22. The molecule has 1 heterocycles. The van der Waals surface area contributed by atoms with Crippen LogP contribution in [0.2, 0.25) is 0 Å². The summed E-state index contributed by atoms with van der Waals surface area (Å²) in [7, 11) is 0. The van der Waals surface area contributed by atoms with Crippen LogP contribution in [-0.2, 0) is 0 Å². The molecule has 0 saturated heterocycles. The third-order valence-electron chi connectivity index (χ3n) is 2.57. The summed E-state index contributed by atoms with van der Waals surface area (Å²) in [6, 6.07) is 12.7. The number of nitrogens with zero attached hydrogens (tertiary/aromatic N) is 2. The van der Waals surface area contributed by atoms with Crippen LogP contribution in [0.3, 0.4) is 0 Å². The number of halogens is 1. The zero-order chi connectivity index (χ0) is 13.0. The van der Waals surface area contributed by atoms with Crippen LogP contribution in [0.5, 0.6) is 0 Å². The van der Waals surface area contributed by atoms with Gasteiger partial charge in [-0.1, -0.05) is 18.2 Å². The molecule has 0 radical (unpaired) electrons. The van der Waals surface area contributed by atoms with Crippen molar-refractivity contribution in [2.24, 2.45) is 0 Å². The van der Waals surface area contributed by atoms with Gasteiger partial charge in [-0.05, 0) is 46.4 Å². The van der Waals surface area contributed by atoms with Crippen molar-refractivity contribution in [3.8, 4) is 6.07 Å². The maximum atomic E-state index is 12.3. The molecule has 0 amide bonds. The molecule has 4 heteroatoms. The third kappa shape index (κ3) is 2.57. The number of ketones is 1. The lowest BCUT2D eigenvalue weighted by molar-refractivity contribution is 0.0978. The van der Waals surface area contributed by atoms with E-state index in [-0.39, 0.29) is 5.78 Å². The summed E-state index contributed by atoms with van der Waals surface area (Å²) in [6.07, 6.45) is 3.17. The van der Waals surface area contributed by atoms with Crippen molar-refractivity contribution in [1.29, 1.82) is 5.26 Å². The van der Waals surface area contributed by atoms with Gasteiger partial charge in [0.2, 0.25) is 0 Å². The second-order valence-electron chi connectivity index (χ2n) is 3.69. The first-order chi connectivity index (χ1) is 8.74. The molecule has 0 fully saturated rings. The number of pyridine rings is 1. The van der Waals surface area contributed by atoms with Crippen molar-refractivity contribution in [2.45, 2.75) is 5.92 Å². The van der Waals surface area contributed by atoms with Gasteiger partial charge in [0, 0.05) is 21.5 Å². The first-order valence-corrected chi connectivity index (χ1v) is 6.40. The molecule has 18 heavy (non-hydrogen) atoms. The second kappa shape index (κ2) is 5.74. The van der Waals surface area contributed by atoms with Gasteiger partial charge in [0.1, 0.15) is 5.92 Å². The Bertz CT molecular complexity index is 605. The number of carbonyl (C=O) groups excluding carboxylic acids is 1. The average Bonchev–Trinajstić information content (AvgIpc) is 2.41. The summed E-state index contributed by atoms with van der Waals surface area (Å²) < 4.78 is 0.856. The lowest BCUT2D eigenvalue weighted by atomic mass is 9.93. The molecular weight excluding hydrogens is 339 g/mol. The molecule has 0 aliphatic rings. The molecule has 0 bridgehead atoms. The highest BCUT2D eigenvalue weighted by Crippen LogP contribution is 2.22. The van der Waals surface area contributed by atoms with Crippen LogP contribution in [0.25, 0.3) is 0 Å². The fourth-order valence-electron chi connectivity index (χ4n) is 1.66. The smallest absolute Gasteiger partial charge is 0.185 e. The number of hydrogen-bond donors (Lipinski definition) is 0. The molecule has 2 aromatic rings. The number of nitriles is 1. The molecule has 0 aliphatic heterocycles. The van der Waals surface area contributed by atoms with Crippen LogP contribution in [0.4, 0.5) is 0 Å². The predicted molar refractivity (Wildman–Crippen MR) is 76.1 cm³/mol. The van der Waals surface area contributed by atoms with Crippen LogP contribution in [0.15, 0.2) is 48.8 Å². The summed E-state index contributed by atoms with van der Waals surface area (Å²) in [5.41, 5.74) is 1.26. The molecular formula is C14H9IN2O. The molecule has 1 unspecified atom stereocenters. The number of carbonyl (C=O) groups is 1. The Morgan fingerprint density at radius 1 is 1.22 bits per heavy atom. The van der Waals surface area contributed by atoms with Gasteiger partial charge in [-0.15, -0.1) is 0 Å². The zero-order valence-corrected chi connectivity index (χ0v) is 11.5. The maximum absolute atomic E-state index is 12.3. The van der Waals surface area contributed by atoms with Gasteiger partial charge in [-0.2, -0.15) is 5.26 Å². The van der Waals surface area contributed by atoms with Crippen LogP contribution < -0.4 is 0 Å². The highest BCUT2D eigenvalue weighted by atomic mass is 127. The van der Waals surface area contributed by atoms with E-state index in [0.717, 1.165) is 3.57 Å². The molecule has 88 valence electrons. The van der Waals surface area contributed by atoms with Gasteiger partial charge in [0.05, 0.1) is 6.07 Å². The summed E-state index contributed by atoms with van der Waals surface area (Å²) in [4.78, 5) is 16.2. The number of rotatable bonds is 3. The van der Waals surface area contributed by atoms with Crippen LogP contribution >= 0.6 is 22.6 Å². The predicted octanol–water partition coefficient (Wildman–Crippen LogP) is 3.18. The Labute approximate surface area is 119 Å². The number of Topliss-reactive ketones (excluding diaryl/α,β-unsaturated/α-hetero) is 1. The van der Waals surface area contributed by atoms with E-state index < -0.39 is 5.92 Å². The lowest BCUT2D eigenvalue weighted by Gasteiger charge is -2.09. The highest BCUT2D eigenvalue weighted by molar-refractivity contribution is 14.1. The van der Waals surface area contributed by atoms with Crippen molar-refractivity contribution in [3.63, 3.8) is 0 Å². The van der Waals surface area contributed by atoms with Crippen molar-refractivity contribution in [1.82, 2.24) is 4.98 Å². The van der Waals surface area contributed by atoms with Crippen molar-refractivity contribution < 1.29 is 4.79 Å². The summed E-state index contributed by atoms with van der Waals surface area (Å²) in [6.45, 7) is 0. The van der Waals surface area contributed by atoms with Crippen molar-refractivity contribution in [2.75, 3.05) is 0 Å². The molecule has 0 aliphatic carbocycles. The standard InChI is InChI=1S/C14H9IN2O/c15-13-4-2-1-3-11(13)14(18)12(9-16)10-5-7-17-8-6-10/h1-8,12H. The third-order valence-corrected chi connectivity index (χ3v) is 3.51. The maximum Gasteiger partial charge on any atom is 0.185 e. The second-order valence-corrected chi connectivity index (χ2v) is 4.85. The molecule has 1 aromatic heterocycles. The van der Waals surface area contributed by atoms with Gasteiger partial charge in [0.25, 0.3) is 0 Å².